The van der Waals surface area contributed by atoms with Crippen molar-refractivity contribution in [3.05, 3.63) is 29.8 Å². The highest BCUT2D eigenvalue weighted by Gasteiger charge is 2.11. The van der Waals surface area contributed by atoms with E-state index < -0.39 is 6.04 Å². The molecule has 0 aliphatic heterocycles. The maximum atomic E-state index is 11.6. The molecule has 0 bridgehead atoms. The topological polar surface area (TPSA) is 55.1 Å². The summed E-state index contributed by atoms with van der Waals surface area (Å²) in [5.74, 6) is -0.110. The average Bonchev–Trinajstić information content (AvgIpc) is 2.22. The SMILES string of the molecule is CCCC(N)C(=O)Nc1ccc(C)cc1. The summed E-state index contributed by atoms with van der Waals surface area (Å²) in [5, 5.41) is 2.79. The molecule has 0 radical (unpaired) electrons. The van der Waals surface area contributed by atoms with E-state index in [0.717, 1.165) is 18.5 Å². The van der Waals surface area contributed by atoms with Crippen molar-refractivity contribution in [1.82, 2.24) is 0 Å². The van der Waals surface area contributed by atoms with Gasteiger partial charge in [-0.05, 0) is 25.5 Å². The molecule has 1 amide bonds. The minimum atomic E-state index is -0.406. The Bertz CT molecular complexity index is 319. The van der Waals surface area contributed by atoms with E-state index in [-0.39, 0.29) is 5.91 Å². The van der Waals surface area contributed by atoms with Crippen LogP contribution in [0.2, 0.25) is 0 Å². The van der Waals surface area contributed by atoms with E-state index in [4.69, 9.17) is 5.73 Å². The summed E-state index contributed by atoms with van der Waals surface area (Å²) in [7, 11) is 0. The van der Waals surface area contributed by atoms with Gasteiger partial charge in [0, 0.05) is 5.69 Å². The Morgan fingerprint density at radius 3 is 2.53 bits per heavy atom. The second-order valence-corrected chi connectivity index (χ2v) is 3.75. The zero-order valence-electron chi connectivity index (χ0n) is 9.29. The van der Waals surface area contributed by atoms with E-state index in [0.29, 0.717) is 0 Å². The lowest BCUT2D eigenvalue weighted by Crippen LogP contribution is -2.35. The monoisotopic (exact) mass is 206 g/mol. The molecule has 1 atom stereocenters. The predicted octanol–water partition coefficient (Wildman–Crippen LogP) is 2.06. The van der Waals surface area contributed by atoms with Crippen molar-refractivity contribution in [2.24, 2.45) is 5.73 Å². The number of rotatable bonds is 4. The van der Waals surface area contributed by atoms with Gasteiger partial charge in [0.05, 0.1) is 6.04 Å². The predicted molar refractivity (Wildman–Crippen MR) is 62.7 cm³/mol. The molecular weight excluding hydrogens is 188 g/mol. The van der Waals surface area contributed by atoms with E-state index >= 15 is 0 Å². The molecule has 3 N–H and O–H groups in total. The summed E-state index contributed by atoms with van der Waals surface area (Å²) in [6.45, 7) is 4.02. The first-order valence-corrected chi connectivity index (χ1v) is 5.26. The highest BCUT2D eigenvalue weighted by atomic mass is 16.2. The fourth-order valence-corrected chi connectivity index (χ4v) is 1.31. The van der Waals surface area contributed by atoms with Gasteiger partial charge in [0.15, 0.2) is 0 Å². The Kier molecular flexibility index (Phi) is 4.31. The molecule has 0 aromatic heterocycles. The van der Waals surface area contributed by atoms with Crippen molar-refractivity contribution in [3.63, 3.8) is 0 Å². The van der Waals surface area contributed by atoms with Crippen LogP contribution in [0.15, 0.2) is 24.3 Å². The third kappa shape index (κ3) is 3.72. The van der Waals surface area contributed by atoms with Crippen LogP contribution in [-0.4, -0.2) is 11.9 Å². The van der Waals surface area contributed by atoms with Crippen LogP contribution in [0.5, 0.6) is 0 Å². The highest BCUT2D eigenvalue weighted by molar-refractivity contribution is 5.94. The molecule has 1 aromatic rings. The fraction of sp³-hybridized carbons (Fsp3) is 0.417. The number of hydrogen-bond acceptors (Lipinski definition) is 2. The number of benzene rings is 1. The fourth-order valence-electron chi connectivity index (χ4n) is 1.31. The van der Waals surface area contributed by atoms with Gasteiger partial charge in [0.2, 0.25) is 5.91 Å². The zero-order chi connectivity index (χ0) is 11.3. The first-order valence-electron chi connectivity index (χ1n) is 5.26. The van der Waals surface area contributed by atoms with Crippen LogP contribution in [0.3, 0.4) is 0 Å². The molecule has 1 rings (SSSR count). The Hall–Kier alpha value is -1.35. The minimum absolute atomic E-state index is 0.110. The molecule has 1 aromatic carbocycles. The van der Waals surface area contributed by atoms with Crippen molar-refractivity contribution < 1.29 is 4.79 Å². The van der Waals surface area contributed by atoms with Gasteiger partial charge in [-0.25, -0.2) is 0 Å². The van der Waals surface area contributed by atoms with E-state index in [1.165, 1.54) is 5.56 Å². The molecule has 0 saturated carbocycles. The van der Waals surface area contributed by atoms with Crippen molar-refractivity contribution in [2.45, 2.75) is 32.7 Å². The molecule has 0 fully saturated rings. The number of carbonyl (C=O) groups is 1. The lowest BCUT2D eigenvalue weighted by Gasteiger charge is -2.11. The van der Waals surface area contributed by atoms with Crippen LogP contribution < -0.4 is 11.1 Å². The van der Waals surface area contributed by atoms with Crippen LogP contribution in [-0.2, 0) is 4.79 Å². The van der Waals surface area contributed by atoms with Crippen molar-refractivity contribution in [1.29, 1.82) is 0 Å². The van der Waals surface area contributed by atoms with Crippen molar-refractivity contribution >= 4 is 11.6 Å². The van der Waals surface area contributed by atoms with Crippen LogP contribution in [0.4, 0.5) is 5.69 Å². The largest absolute Gasteiger partial charge is 0.325 e. The second kappa shape index (κ2) is 5.51. The van der Waals surface area contributed by atoms with Crippen LogP contribution >= 0.6 is 0 Å². The van der Waals surface area contributed by atoms with E-state index in [1.807, 2.05) is 38.1 Å². The molecule has 0 aliphatic carbocycles. The van der Waals surface area contributed by atoms with Gasteiger partial charge in [0.1, 0.15) is 0 Å². The highest BCUT2D eigenvalue weighted by Crippen LogP contribution is 2.09. The van der Waals surface area contributed by atoms with Gasteiger partial charge in [-0.2, -0.15) is 0 Å². The number of amides is 1. The van der Waals surface area contributed by atoms with Gasteiger partial charge in [-0.1, -0.05) is 31.0 Å². The Balaban J connectivity index is 2.54. The maximum absolute atomic E-state index is 11.6. The first kappa shape index (κ1) is 11.7. The third-order valence-electron chi connectivity index (χ3n) is 2.26. The van der Waals surface area contributed by atoms with Gasteiger partial charge < -0.3 is 11.1 Å². The lowest BCUT2D eigenvalue weighted by atomic mass is 10.1. The summed E-state index contributed by atoms with van der Waals surface area (Å²) in [6, 6.07) is 7.27. The first-order chi connectivity index (χ1) is 7.13. The smallest absolute Gasteiger partial charge is 0.241 e. The minimum Gasteiger partial charge on any atom is -0.325 e. The van der Waals surface area contributed by atoms with Crippen molar-refractivity contribution in [2.75, 3.05) is 5.32 Å². The molecule has 1 unspecified atom stereocenters. The average molecular weight is 206 g/mol. The number of nitrogens with one attached hydrogen (secondary N) is 1. The molecule has 82 valence electrons. The molecule has 3 nitrogen and oxygen atoms in total. The Morgan fingerprint density at radius 1 is 1.40 bits per heavy atom. The van der Waals surface area contributed by atoms with Gasteiger partial charge in [0.25, 0.3) is 0 Å². The van der Waals surface area contributed by atoms with E-state index in [9.17, 15) is 4.79 Å². The molecule has 15 heavy (non-hydrogen) atoms. The number of carbonyl (C=O) groups excluding carboxylic acids is 1. The summed E-state index contributed by atoms with van der Waals surface area (Å²) >= 11 is 0. The Morgan fingerprint density at radius 2 is 2.00 bits per heavy atom. The number of anilines is 1. The summed E-state index contributed by atoms with van der Waals surface area (Å²) in [6.07, 6.45) is 1.64. The van der Waals surface area contributed by atoms with Gasteiger partial charge >= 0.3 is 0 Å². The summed E-state index contributed by atoms with van der Waals surface area (Å²) in [4.78, 5) is 11.6. The third-order valence-corrected chi connectivity index (χ3v) is 2.26. The lowest BCUT2D eigenvalue weighted by molar-refractivity contribution is -0.117. The van der Waals surface area contributed by atoms with Gasteiger partial charge in [-0.3, -0.25) is 4.79 Å². The van der Waals surface area contributed by atoms with Crippen LogP contribution in [0, 0.1) is 6.92 Å². The van der Waals surface area contributed by atoms with Gasteiger partial charge in [-0.15, -0.1) is 0 Å². The molecule has 0 heterocycles. The maximum Gasteiger partial charge on any atom is 0.241 e. The van der Waals surface area contributed by atoms with Crippen LogP contribution in [0.1, 0.15) is 25.3 Å². The molecule has 0 aliphatic rings. The molecule has 0 spiro atoms. The standard InChI is InChI=1S/C12H18N2O/c1-3-4-11(13)12(15)14-10-7-5-9(2)6-8-10/h5-8,11H,3-4,13H2,1-2H3,(H,14,15). The van der Waals surface area contributed by atoms with Crippen LogP contribution in [0.25, 0.3) is 0 Å². The number of aryl methyl sites for hydroxylation is 1. The normalized spacial score (nSPS) is 12.2. The summed E-state index contributed by atoms with van der Waals surface area (Å²) < 4.78 is 0. The molecular formula is C12H18N2O. The van der Waals surface area contributed by atoms with E-state index in [2.05, 4.69) is 5.32 Å². The zero-order valence-corrected chi connectivity index (χ0v) is 9.29. The second-order valence-electron chi connectivity index (χ2n) is 3.75. The summed E-state index contributed by atoms with van der Waals surface area (Å²) in [5.41, 5.74) is 7.67. The van der Waals surface area contributed by atoms with Crippen molar-refractivity contribution in [3.8, 4) is 0 Å². The Labute approximate surface area is 90.7 Å². The molecule has 0 saturated heterocycles. The number of hydrogen-bond donors (Lipinski definition) is 2. The molecule has 3 heteroatoms. The van der Waals surface area contributed by atoms with E-state index in [1.54, 1.807) is 0 Å². The quantitative estimate of drug-likeness (QED) is 0.792. The number of nitrogens with two attached hydrogens (primary N) is 1.